The van der Waals surface area contributed by atoms with Crippen LogP contribution in [0.5, 0.6) is 5.75 Å². The number of carbonyl (C=O) groups is 1. The van der Waals surface area contributed by atoms with E-state index in [9.17, 15) is 4.79 Å². The van der Waals surface area contributed by atoms with Crippen LogP contribution < -0.4 is 10.5 Å². The second-order valence-electron chi connectivity index (χ2n) is 4.92. The summed E-state index contributed by atoms with van der Waals surface area (Å²) < 4.78 is 5.22. The molecule has 7 heteroatoms. The van der Waals surface area contributed by atoms with Crippen LogP contribution in [0.25, 0.3) is 0 Å². The molecule has 1 saturated carbocycles. The zero-order chi connectivity index (χ0) is 15.4. The lowest BCUT2D eigenvalue weighted by Crippen LogP contribution is -2.36. The zero-order valence-electron chi connectivity index (χ0n) is 11.8. The Labute approximate surface area is 128 Å². The van der Waals surface area contributed by atoms with Crippen molar-refractivity contribution in [2.75, 3.05) is 13.7 Å². The van der Waals surface area contributed by atoms with Gasteiger partial charge in [0.2, 0.25) is 0 Å². The van der Waals surface area contributed by atoms with Crippen LogP contribution in [0.15, 0.2) is 23.4 Å². The summed E-state index contributed by atoms with van der Waals surface area (Å²) >= 11 is 5.97. The largest absolute Gasteiger partial charge is 0.496 e. The fourth-order valence-corrected chi connectivity index (χ4v) is 2.30. The Kier molecular flexibility index (Phi) is 4.90. The van der Waals surface area contributed by atoms with Crippen molar-refractivity contribution < 1.29 is 14.7 Å². The van der Waals surface area contributed by atoms with Gasteiger partial charge in [0.1, 0.15) is 11.6 Å². The Balaban J connectivity index is 2.20. The number of amides is 1. The topological polar surface area (TPSA) is 88.2 Å². The molecule has 0 unspecified atom stereocenters. The van der Waals surface area contributed by atoms with E-state index in [4.69, 9.17) is 27.3 Å². The summed E-state index contributed by atoms with van der Waals surface area (Å²) in [7, 11) is 1.51. The summed E-state index contributed by atoms with van der Waals surface area (Å²) in [6.07, 6.45) is 2.25. The highest BCUT2D eigenvalue weighted by Gasteiger charge is 2.34. The van der Waals surface area contributed by atoms with E-state index in [2.05, 4.69) is 5.16 Å². The molecule has 1 aliphatic carbocycles. The number of nitrogens with two attached hydrogens (primary N) is 1. The van der Waals surface area contributed by atoms with Gasteiger partial charge in [-0.2, -0.15) is 0 Å². The average molecular weight is 312 g/mol. The maximum absolute atomic E-state index is 12.7. The minimum absolute atomic E-state index is 0.103. The van der Waals surface area contributed by atoms with Crippen LogP contribution in [0.2, 0.25) is 5.02 Å². The van der Waals surface area contributed by atoms with Gasteiger partial charge in [0.15, 0.2) is 0 Å². The summed E-state index contributed by atoms with van der Waals surface area (Å²) in [5, 5.41) is 12.0. The molecule has 0 bridgehead atoms. The van der Waals surface area contributed by atoms with Crippen molar-refractivity contribution in [1.82, 2.24) is 4.90 Å². The van der Waals surface area contributed by atoms with Crippen molar-refractivity contribution >= 4 is 23.3 Å². The first-order valence-electron chi connectivity index (χ1n) is 6.67. The van der Waals surface area contributed by atoms with Gasteiger partial charge in [0.05, 0.1) is 12.7 Å². The molecular weight excluding hydrogens is 294 g/mol. The Morgan fingerprint density at radius 1 is 1.57 bits per heavy atom. The number of amidine groups is 1. The van der Waals surface area contributed by atoms with E-state index in [1.165, 1.54) is 7.11 Å². The maximum Gasteiger partial charge on any atom is 0.257 e. The molecule has 6 nitrogen and oxygen atoms in total. The Morgan fingerprint density at radius 2 is 2.29 bits per heavy atom. The van der Waals surface area contributed by atoms with E-state index in [0.29, 0.717) is 29.3 Å². The molecule has 1 fully saturated rings. The van der Waals surface area contributed by atoms with Gasteiger partial charge < -0.3 is 20.6 Å². The third-order valence-electron chi connectivity index (χ3n) is 3.38. The van der Waals surface area contributed by atoms with Crippen LogP contribution in [-0.4, -0.2) is 41.5 Å². The second-order valence-corrected chi connectivity index (χ2v) is 5.35. The van der Waals surface area contributed by atoms with Gasteiger partial charge >= 0.3 is 0 Å². The average Bonchev–Trinajstić information content (AvgIpc) is 3.31. The Morgan fingerprint density at radius 3 is 2.86 bits per heavy atom. The lowest BCUT2D eigenvalue weighted by Gasteiger charge is -2.23. The molecule has 0 aromatic heterocycles. The molecule has 0 saturated heterocycles. The van der Waals surface area contributed by atoms with Crippen molar-refractivity contribution in [2.24, 2.45) is 10.9 Å². The van der Waals surface area contributed by atoms with E-state index in [1.807, 2.05) is 0 Å². The van der Waals surface area contributed by atoms with Gasteiger partial charge in [-0.1, -0.05) is 16.8 Å². The van der Waals surface area contributed by atoms with Gasteiger partial charge in [0.25, 0.3) is 5.91 Å². The number of hydrogen-bond acceptors (Lipinski definition) is 4. The van der Waals surface area contributed by atoms with E-state index < -0.39 is 0 Å². The predicted octanol–water partition coefficient (Wildman–Crippen LogP) is 2.09. The lowest BCUT2D eigenvalue weighted by atomic mass is 10.1. The minimum Gasteiger partial charge on any atom is -0.496 e. The molecule has 1 amide bonds. The zero-order valence-corrected chi connectivity index (χ0v) is 12.5. The molecule has 0 atom stereocenters. The summed E-state index contributed by atoms with van der Waals surface area (Å²) in [6, 6.07) is 5.15. The fraction of sp³-hybridized carbons (Fsp3) is 0.429. The Bertz CT molecular complexity index is 558. The maximum atomic E-state index is 12.7. The monoisotopic (exact) mass is 311 g/mol. The summed E-state index contributed by atoms with van der Waals surface area (Å²) in [6.45, 7) is 0.398. The van der Waals surface area contributed by atoms with Gasteiger partial charge in [0, 0.05) is 24.0 Å². The summed E-state index contributed by atoms with van der Waals surface area (Å²) in [5.74, 6) is 0.438. The molecule has 0 aliphatic heterocycles. The SMILES string of the molecule is COc1ccc(Cl)cc1C(=O)N(CCC(N)=NO)C1CC1. The number of oxime groups is 1. The first-order valence-corrected chi connectivity index (χ1v) is 7.05. The van der Waals surface area contributed by atoms with E-state index in [1.54, 1.807) is 23.1 Å². The molecular formula is C14H18ClN3O3. The predicted molar refractivity (Wildman–Crippen MR) is 80.1 cm³/mol. The lowest BCUT2D eigenvalue weighted by molar-refractivity contribution is 0.0744. The first-order chi connectivity index (χ1) is 10.1. The summed E-state index contributed by atoms with van der Waals surface area (Å²) in [5.41, 5.74) is 5.90. The van der Waals surface area contributed by atoms with Crippen molar-refractivity contribution in [3.8, 4) is 5.75 Å². The van der Waals surface area contributed by atoms with E-state index >= 15 is 0 Å². The smallest absolute Gasteiger partial charge is 0.257 e. The first kappa shape index (κ1) is 15.4. The summed E-state index contributed by atoms with van der Waals surface area (Å²) in [4.78, 5) is 14.4. The molecule has 1 aromatic carbocycles. The molecule has 1 aromatic rings. The number of rotatable bonds is 6. The minimum atomic E-state index is -0.150. The molecule has 0 heterocycles. The highest BCUT2D eigenvalue weighted by atomic mass is 35.5. The Hall–Kier alpha value is -1.95. The number of benzene rings is 1. The highest BCUT2D eigenvalue weighted by Crippen LogP contribution is 2.31. The number of hydrogen-bond donors (Lipinski definition) is 2. The van der Waals surface area contributed by atoms with Crippen LogP contribution in [0, 0.1) is 0 Å². The van der Waals surface area contributed by atoms with E-state index in [0.717, 1.165) is 12.8 Å². The molecule has 114 valence electrons. The number of ether oxygens (including phenoxy) is 1. The number of carbonyl (C=O) groups excluding carboxylic acids is 1. The fourth-order valence-electron chi connectivity index (χ4n) is 2.12. The van der Waals surface area contributed by atoms with Crippen molar-refractivity contribution in [3.05, 3.63) is 28.8 Å². The molecule has 0 radical (unpaired) electrons. The van der Waals surface area contributed by atoms with Crippen LogP contribution in [-0.2, 0) is 0 Å². The highest BCUT2D eigenvalue weighted by molar-refractivity contribution is 6.31. The number of halogens is 1. The van der Waals surface area contributed by atoms with Crippen LogP contribution >= 0.6 is 11.6 Å². The number of methoxy groups -OCH3 is 1. The van der Waals surface area contributed by atoms with Gasteiger partial charge in [-0.25, -0.2) is 0 Å². The molecule has 3 N–H and O–H groups in total. The second kappa shape index (κ2) is 6.67. The van der Waals surface area contributed by atoms with Gasteiger partial charge in [-0.3, -0.25) is 4.79 Å². The van der Waals surface area contributed by atoms with Crippen molar-refractivity contribution in [3.63, 3.8) is 0 Å². The quantitative estimate of drug-likeness (QED) is 0.364. The number of nitrogens with zero attached hydrogens (tertiary/aromatic N) is 2. The molecule has 1 aliphatic rings. The molecule has 0 spiro atoms. The van der Waals surface area contributed by atoms with E-state index in [-0.39, 0.29) is 17.8 Å². The van der Waals surface area contributed by atoms with Crippen LogP contribution in [0.1, 0.15) is 29.6 Å². The van der Waals surface area contributed by atoms with Crippen LogP contribution in [0.3, 0.4) is 0 Å². The van der Waals surface area contributed by atoms with Crippen molar-refractivity contribution in [2.45, 2.75) is 25.3 Å². The third kappa shape index (κ3) is 3.78. The standard InChI is InChI=1S/C14H18ClN3O3/c1-21-12-5-2-9(15)8-11(12)14(19)18(10-3-4-10)7-6-13(16)17-20/h2,5,8,10,20H,3-4,6-7H2,1H3,(H2,16,17). The van der Waals surface area contributed by atoms with Gasteiger partial charge in [-0.05, 0) is 31.0 Å². The normalized spacial score (nSPS) is 14.9. The third-order valence-corrected chi connectivity index (χ3v) is 3.61. The molecule has 21 heavy (non-hydrogen) atoms. The van der Waals surface area contributed by atoms with Gasteiger partial charge in [-0.15, -0.1) is 0 Å². The van der Waals surface area contributed by atoms with Crippen molar-refractivity contribution in [1.29, 1.82) is 0 Å². The van der Waals surface area contributed by atoms with Crippen LogP contribution in [0.4, 0.5) is 0 Å². The molecule has 2 rings (SSSR count).